The molecule has 0 aliphatic carbocycles. The maximum absolute atomic E-state index is 13.5. The second kappa shape index (κ2) is 8.78. The van der Waals surface area contributed by atoms with Crippen LogP contribution in [0.3, 0.4) is 0 Å². The molecule has 0 saturated carbocycles. The highest BCUT2D eigenvalue weighted by atomic mass is 35.5. The van der Waals surface area contributed by atoms with Crippen molar-refractivity contribution in [3.8, 4) is 5.69 Å². The molecule has 0 amide bonds. The van der Waals surface area contributed by atoms with Gasteiger partial charge in [0.2, 0.25) is 0 Å². The zero-order valence-electron chi connectivity index (χ0n) is 17.4. The van der Waals surface area contributed by atoms with Crippen molar-refractivity contribution in [1.29, 1.82) is 0 Å². The lowest BCUT2D eigenvalue weighted by Gasteiger charge is -2.15. The number of fused-ring (bicyclic) bond motifs is 1. The van der Waals surface area contributed by atoms with Crippen LogP contribution in [0.2, 0.25) is 10.0 Å². The molecular weight excluding hydrogens is 470 g/mol. The highest BCUT2D eigenvalue weighted by Crippen LogP contribution is 2.24. The summed E-state index contributed by atoms with van der Waals surface area (Å²) in [6.45, 7) is 1.03. The Kier molecular flexibility index (Phi) is 5.82. The normalized spacial score (nSPS) is 16.0. The van der Waals surface area contributed by atoms with E-state index in [1.54, 1.807) is 22.8 Å². The van der Waals surface area contributed by atoms with Crippen molar-refractivity contribution in [1.82, 2.24) is 18.7 Å². The third kappa shape index (κ3) is 4.10. The van der Waals surface area contributed by atoms with Crippen LogP contribution in [0.25, 0.3) is 16.9 Å². The molecule has 1 atom stereocenters. The van der Waals surface area contributed by atoms with Crippen LogP contribution < -0.4 is 11.2 Å². The maximum atomic E-state index is 13.5. The van der Waals surface area contributed by atoms with Gasteiger partial charge in [0.15, 0.2) is 11.2 Å². The monoisotopic (exact) mass is 488 g/mol. The second-order valence-corrected chi connectivity index (χ2v) is 8.75. The number of rotatable bonds is 5. The van der Waals surface area contributed by atoms with Gasteiger partial charge in [-0.3, -0.25) is 9.36 Å². The van der Waals surface area contributed by atoms with Crippen LogP contribution in [0.1, 0.15) is 18.4 Å². The number of ether oxygens (including phenoxy) is 1. The molecule has 2 aromatic heterocycles. The summed E-state index contributed by atoms with van der Waals surface area (Å²) in [7, 11) is 0. The molecule has 1 fully saturated rings. The molecule has 2 aromatic carbocycles. The first kappa shape index (κ1) is 21.9. The number of hydrogen-bond donors (Lipinski definition) is 0. The molecule has 10 heteroatoms. The highest BCUT2D eigenvalue weighted by molar-refractivity contribution is 6.42. The molecule has 5 rings (SSSR count). The van der Waals surface area contributed by atoms with Crippen LogP contribution in [-0.2, 0) is 17.8 Å². The molecule has 3 heterocycles. The number of nitrogens with zero attached hydrogens (tertiary/aromatic N) is 4. The molecule has 170 valence electrons. The summed E-state index contributed by atoms with van der Waals surface area (Å²) in [4.78, 5) is 31.3. The van der Waals surface area contributed by atoms with Gasteiger partial charge in [-0.2, -0.15) is 0 Å². The number of benzene rings is 2. The first-order valence-electron chi connectivity index (χ1n) is 10.4. The molecule has 7 nitrogen and oxygen atoms in total. The van der Waals surface area contributed by atoms with Crippen LogP contribution in [-0.4, -0.2) is 31.4 Å². The lowest BCUT2D eigenvalue weighted by Crippen LogP contribution is -2.42. The smallest absolute Gasteiger partial charge is 0.337 e. The van der Waals surface area contributed by atoms with Crippen molar-refractivity contribution in [2.75, 3.05) is 6.61 Å². The van der Waals surface area contributed by atoms with E-state index >= 15 is 0 Å². The first-order chi connectivity index (χ1) is 15.9. The fraction of sp³-hybridized carbons (Fsp3) is 0.261. The van der Waals surface area contributed by atoms with E-state index in [1.807, 2.05) is 0 Å². The number of aromatic nitrogens is 4. The van der Waals surface area contributed by atoms with Gasteiger partial charge in [0, 0.05) is 13.2 Å². The lowest BCUT2D eigenvalue weighted by atomic mass is 10.2. The summed E-state index contributed by atoms with van der Waals surface area (Å²) in [6.07, 6.45) is 2.93. The van der Waals surface area contributed by atoms with Crippen molar-refractivity contribution in [3.63, 3.8) is 0 Å². The molecular formula is C23H19Cl2FN4O3. The Hall–Kier alpha value is -2.94. The van der Waals surface area contributed by atoms with Crippen LogP contribution >= 0.6 is 23.2 Å². The van der Waals surface area contributed by atoms with E-state index in [-0.39, 0.29) is 23.8 Å². The molecule has 1 aliphatic heterocycles. The van der Waals surface area contributed by atoms with Crippen molar-refractivity contribution in [3.05, 3.63) is 91.1 Å². The summed E-state index contributed by atoms with van der Waals surface area (Å²) >= 11 is 12.2. The first-order valence-corrected chi connectivity index (χ1v) is 11.2. The van der Waals surface area contributed by atoms with E-state index in [0.29, 0.717) is 28.9 Å². The van der Waals surface area contributed by atoms with Gasteiger partial charge in [0.05, 0.1) is 34.7 Å². The standard InChI is InChI=1S/C23H19Cl2FN4O3/c24-18-8-3-14(10-19(18)25)11-28-13-27-21-20(28)22(31)29(12-17-2-1-9-33-17)23(32)30(21)16-6-4-15(26)5-7-16/h3-8,10,13,17H,1-2,9,11-12H2/t17-/m0/s1. The minimum Gasteiger partial charge on any atom is -0.376 e. The van der Waals surface area contributed by atoms with Gasteiger partial charge in [0.25, 0.3) is 5.56 Å². The van der Waals surface area contributed by atoms with Gasteiger partial charge in [-0.25, -0.2) is 18.7 Å². The van der Waals surface area contributed by atoms with Crippen molar-refractivity contribution < 1.29 is 9.13 Å². The second-order valence-electron chi connectivity index (χ2n) is 7.94. The Morgan fingerprint density at radius 3 is 2.58 bits per heavy atom. The Morgan fingerprint density at radius 2 is 1.88 bits per heavy atom. The number of imidazole rings is 1. The summed E-state index contributed by atoms with van der Waals surface area (Å²) in [6, 6.07) is 10.7. The minimum atomic E-state index is -0.547. The lowest BCUT2D eigenvalue weighted by molar-refractivity contribution is 0.0950. The Morgan fingerprint density at radius 1 is 1.09 bits per heavy atom. The predicted octanol–water partition coefficient (Wildman–Crippen LogP) is 4.02. The van der Waals surface area contributed by atoms with Crippen molar-refractivity contribution >= 4 is 34.4 Å². The molecule has 0 N–H and O–H groups in total. The molecule has 0 unspecified atom stereocenters. The fourth-order valence-corrected chi connectivity index (χ4v) is 4.43. The van der Waals surface area contributed by atoms with Gasteiger partial charge in [-0.1, -0.05) is 29.3 Å². The van der Waals surface area contributed by atoms with E-state index in [0.717, 1.165) is 18.4 Å². The molecule has 1 saturated heterocycles. The highest BCUT2D eigenvalue weighted by Gasteiger charge is 2.23. The molecule has 0 radical (unpaired) electrons. The minimum absolute atomic E-state index is 0.132. The molecule has 33 heavy (non-hydrogen) atoms. The Bertz CT molecular complexity index is 1450. The largest absolute Gasteiger partial charge is 0.376 e. The van der Waals surface area contributed by atoms with E-state index in [9.17, 15) is 14.0 Å². The van der Waals surface area contributed by atoms with Crippen molar-refractivity contribution in [2.24, 2.45) is 0 Å². The van der Waals surface area contributed by atoms with Gasteiger partial charge in [-0.15, -0.1) is 0 Å². The predicted molar refractivity (Wildman–Crippen MR) is 124 cm³/mol. The van der Waals surface area contributed by atoms with Gasteiger partial charge in [0.1, 0.15) is 5.82 Å². The van der Waals surface area contributed by atoms with Gasteiger partial charge >= 0.3 is 5.69 Å². The van der Waals surface area contributed by atoms with Crippen LogP contribution in [0.4, 0.5) is 4.39 Å². The summed E-state index contributed by atoms with van der Waals surface area (Å²) < 4.78 is 23.4. The fourth-order valence-electron chi connectivity index (χ4n) is 4.11. The van der Waals surface area contributed by atoms with Gasteiger partial charge < -0.3 is 9.30 Å². The number of halogens is 3. The van der Waals surface area contributed by atoms with E-state index in [4.69, 9.17) is 27.9 Å². The summed E-state index contributed by atoms with van der Waals surface area (Å²) in [5, 5.41) is 0.831. The van der Waals surface area contributed by atoms with Crippen LogP contribution in [0, 0.1) is 5.82 Å². The number of hydrogen-bond acceptors (Lipinski definition) is 4. The van der Waals surface area contributed by atoms with Gasteiger partial charge in [-0.05, 0) is 54.8 Å². The Balaban J connectivity index is 1.71. The van der Waals surface area contributed by atoms with Crippen LogP contribution in [0.5, 0.6) is 0 Å². The molecule has 1 aliphatic rings. The van der Waals surface area contributed by atoms with E-state index < -0.39 is 17.1 Å². The summed E-state index contributed by atoms with van der Waals surface area (Å²) in [5.74, 6) is -0.430. The Labute approximate surface area is 197 Å². The van der Waals surface area contributed by atoms with Crippen LogP contribution in [0.15, 0.2) is 58.4 Å². The van der Waals surface area contributed by atoms with E-state index in [1.165, 1.54) is 39.7 Å². The molecule has 0 bridgehead atoms. The zero-order valence-corrected chi connectivity index (χ0v) is 18.9. The van der Waals surface area contributed by atoms with E-state index in [2.05, 4.69) is 4.98 Å². The maximum Gasteiger partial charge on any atom is 0.337 e. The zero-order chi connectivity index (χ0) is 23.1. The van der Waals surface area contributed by atoms with Crippen molar-refractivity contribution in [2.45, 2.75) is 32.0 Å². The average molecular weight is 489 g/mol. The average Bonchev–Trinajstić information content (AvgIpc) is 3.45. The SMILES string of the molecule is O=c1c2c(ncn2Cc2ccc(Cl)c(Cl)c2)n(-c2ccc(F)cc2)c(=O)n1C[C@@H]1CCCO1. The summed E-state index contributed by atoms with van der Waals surface area (Å²) in [5.41, 5.74) is 0.666. The molecule has 4 aromatic rings. The molecule has 0 spiro atoms. The topological polar surface area (TPSA) is 71.0 Å². The third-order valence-electron chi connectivity index (χ3n) is 5.73. The third-order valence-corrected chi connectivity index (χ3v) is 6.47. The quantitative estimate of drug-likeness (QED) is 0.425.